The van der Waals surface area contributed by atoms with Crippen LogP contribution in [0.2, 0.25) is 0 Å². The molecule has 0 amide bonds. The fourth-order valence-electron chi connectivity index (χ4n) is 1.45. The molecule has 1 atom stereocenters. The summed E-state index contributed by atoms with van der Waals surface area (Å²) in [6.07, 6.45) is 6.53. The molecule has 0 rings (SSSR count). The molecule has 0 saturated carbocycles. The smallest absolute Gasteiger partial charge is 0.328 e. The van der Waals surface area contributed by atoms with Crippen molar-refractivity contribution in [2.24, 2.45) is 0 Å². The van der Waals surface area contributed by atoms with Crippen LogP contribution in [0.3, 0.4) is 0 Å². The largest absolute Gasteiger partial charge is 0.481 e. The van der Waals surface area contributed by atoms with E-state index in [4.69, 9.17) is 10.2 Å². The molecular formula is C12H20O5. The quantitative estimate of drug-likeness (QED) is 0.402. The molecule has 1 unspecified atom stereocenters. The second-order valence-corrected chi connectivity index (χ2v) is 3.96. The number of unbranched alkanes of at least 4 members (excludes halogenated alkanes) is 4. The minimum Gasteiger partial charge on any atom is -0.481 e. The van der Waals surface area contributed by atoms with Gasteiger partial charge in [0.25, 0.3) is 0 Å². The van der Waals surface area contributed by atoms with E-state index in [0.29, 0.717) is 12.8 Å². The third-order valence-electron chi connectivity index (χ3n) is 2.35. The number of aliphatic hydroxyl groups excluding tert-OH is 1. The van der Waals surface area contributed by atoms with E-state index in [1.165, 1.54) is 6.08 Å². The van der Waals surface area contributed by atoms with Gasteiger partial charge >= 0.3 is 11.9 Å². The van der Waals surface area contributed by atoms with Crippen LogP contribution in [0.1, 0.15) is 44.9 Å². The third-order valence-corrected chi connectivity index (χ3v) is 2.35. The molecule has 5 nitrogen and oxygen atoms in total. The standard InChI is InChI=1S/C12H20O5/c13-10(8-9-12(16)17)6-4-2-1-3-5-7-11(14)15/h8-10,13H,1-7H2,(H,14,15)(H,16,17)/b9-8+. The van der Waals surface area contributed by atoms with Crippen molar-refractivity contribution in [2.75, 3.05) is 0 Å². The monoisotopic (exact) mass is 244 g/mol. The van der Waals surface area contributed by atoms with Gasteiger partial charge in [0, 0.05) is 12.5 Å². The Hall–Kier alpha value is -1.36. The van der Waals surface area contributed by atoms with Gasteiger partial charge in [0.2, 0.25) is 0 Å². The highest BCUT2D eigenvalue weighted by atomic mass is 16.4. The topological polar surface area (TPSA) is 94.8 Å². The van der Waals surface area contributed by atoms with E-state index in [2.05, 4.69) is 0 Å². The lowest BCUT2D eigenvalue weighted by Gasteiger charge is -2.04. The molecule has 0 saturated heterocycles. The van der Waals surface area contributed by atoms with Gasteiger partial charge in [-0.05, 0) is 18.9 Å². The number of carboxylic acid groups (broad SMARTS) is 2. The summed E-state index contributed by atoms with van der Waals surface area (Å²) in [7, 11) is 0. The summed E-state index contributed by atoms with van der Waals surface area (Å²) in [5.41, 5.74) is 0. The maximum atomic E-state index is 10.2. The SMILES string of the molecule is O=C(O)/C=C/C(O)CCCCCCCC(=O)O. The molecule has 5 heteroatoms. The Bertz CT molecular complexity index is 260. The second-order valence-electron chi connectivity index (χ2n) is 3.96. The molecule has 0 fully saturated rings. The van der Waals surface area contributed by atoms with Crippen molar-refractivity contribution in [3.63, 3.8) is 0 Å². The molecule has 0 aliphatic carbocycles. The minimum absolute atomic E-state index is 0.212. The number of rotatable bonds is 10. The maximum Gasteiger partial charge on any atom is 0.328 e. The Morgan fingerprint density at radius 2 is 1.59 bits per heavy atom. The number of carboxylic acids is 2. The van der Waals surface area contributed by atoms with Crippen LogP contribution >= 0.6 is 0 Å². The molecule has 0 heterocycles. The van der Waals surface area contributed by atoms with Crippen LogP contribution < -0.4 is 0 Å². The molecule has 0 aromatic heterocycles. The number of hydrogen-bond acceptors (Lipinski definition) is 3. The number of aliphatic hydroxyl groups is 1. The van der Waals surface area contributed by atoms with Crippen molar-refractivity contribution in [2.45, 2.75) is 51.0 Å². The summed E-state index contributed by atoms with van der Waals surface area (Å²) >= 11 is 0. The first kappa shape index (κ1) is 15.6. The highest BCUT2D eigenvalue weighted by molar-refractivity contribution is 5.79. The van der Waals surface area contributed by atoms with Gasteiger partial charge in [-0.2, -0.15) is 0 Å². The van der Waals surface area contributed by atoms with Crippen LogP contribution in [-0.2, 0) is 9.59 Å². The van der Waals surface area contributed by atoms with Gasteiger partial charge in [-0.15, -0.1) is 0 Å². The molecule has 0 aromatic carbocycles. The summed E-state index contributed by atoms with van der Waals surface area (Å²) < 4.78 is 0. The third kappa shape index (κ3) is 12.6. The fourth-order valence-corrected chi connectivity index (χ4v) is 1.45. The summed E-state index contributed by atoms with van der Waals surface area (Å²) in [4.78, 5) is 20.4. The molecule has 0 bridgehead atoms. The predicted molar refractivity (Wildman–Crippen MR) is 62.7 cm³/mol. The maximum absolute atomic E-state index is 10.2. The van der Waals surface area contributed by atoms with Crippen LogP contribution in [0.15, 0.2) is 12.2 Å². The van der Waals surface area contributed by atoms with Crippen LogP contribution in [-0.4, -0.2) is 33.4 Å². The Labute approximate surface area is 101 Å². The van der Waals surface area contributed by atoms with Crippen molar-refractivity contribution in [1.29, 1.82) is 0 Å². The molecule has 17 heavy (non-hydrogen) atoms. The van der Waals surface area contributed by atoms with Crippen LogP contribution in [0.25, 0.3) is 0 Å². The van der Waals surface area contributed by atoms with E-state index in [0.717, 1.165) is 31.8 Å². The molecule has 0 aromatic rings. The lowest BCUT2D eigenvalue weighted by molar-refractivity contribution is -0.137. The first-order chi connectivity index (χ1) is 8.02. The van der Waals surface area contributed by atoms with E-state index in [1.54, 1.807) is 0 Å². The van der Waals surface area contributed by atoms with E-state index in [9.17, 15) is 14.7 Å². The van der Waals surface area contributed by atoms with Crippen molar-refractivity contribution in [1.82, 2.24) is 0 Å². The van der Waals surface area contributed by atoms with Crippen LogP contribution in [0.4, 0.5) is 0 Å². The first-order valence-corrected chi connectivity index (χ1v) is 5.83. The van der Waals surface area contributed by atoms with Gasteiger partial charge in [-0.1, -0.05) is 25.7 Å². The Kier molecular flexibility index (Phi) is 9.05. The zero-order valence-electron chi connectivity index (χ0n) is 9.84. The number of hydrogen-bond donors (Lipinski definition) is 3. The Morgan fingerprint density at radius 1 is 1.00 bits per heavy atom. The van der Waals surface area contributed by atoms with Gasteiger partial charge < -0.3 is 15.3 Å². The van der Waals surface area contributed by atoms with Gasteiger partial charge in [0.1, 0.15) is 0 Å². The van der Waals surface area contributed by atoms with Crippen molar-refractivity contribution in [3.8, 4) is 0 Å². The van der Waals surface area contributed by atoms with Crippen LogP contribution in [0, 0.1) is 0 Å². The zero-order chi connectivity index (χ0) is 13.1. The first-order valence-electron chi connectivity index (χ1n) is 5.83. The van der Waals surface area contributed by atoms with Crippen LogP contribution in [0.5, 0.6) is 0 Å². The molecule has 98 valence electrons. The van der Waals surface area contributed by atoms with Crippen molar-refractivity contribution < 1.29 is 24.9 Å². The normalized spacial score (nSPS) is 12.8. The fraction of sp³-hybridized carbons (Fsp3) is 0.667. The number of carbonyl (C=O) groups is 2. The van der Waals surface area contributed by atoms with E-state index in [-0.39, 0.29) is 6.42 Å². The second kappa shape index (κ2) is 9.84. The molecule has 0 aliphatic rings. The average Bonchev–Trinajstić information content (AvgIpc) is 2.24. The molecule has 0 aliphatic heterocycles. The Morgan fingerprint density at radius 3 is 2.18 bits per heavy atom. The number of aliphatic carboxylic acids is 2. The van der Waals surface area contributed by atoms with Crippen molar-refractivity contribution in [3.05, 3.63) is 12.2 Å². The molecular weight excluding hydrogens is 224 g/mol. The summed E-state index contributed by atoms with van der Waals surface area (Å²) in [5.74, 6) is -1.82. The minimum atomic E-state index is -1.06. The van der Waals surface area contributed by atoms with Gasteiger partial charge in [-0.25, -0.2) is 4.79 Å². The van der Waals surface area contributed by atoms with E-state index >= 15 is 0 Å². The molecule has 0 spiro atoms. The highest BCUT2D eigenvalue weighted by Crippen LogP contribution is 2.09. The molecule has 3 N–H and O–H groups in total. The highest BCUT2D eigenvalue weighted by Gasteiger charge is 2.00. The zero-order valence-corrected chi connectivity index (χ0v) is 9.84. The lowest BCUT2D eigenvalue weighted by Crippen LogP contribution is -2.03. The van der Waals surface area contributed by atoms with Gasteiger partial charge in [0.05, 0.1) is 6.10 Å². The van der Waals surface area contributed by atoms with Gasteiger partial charge in [-0.3, -0.25) is 4.79 Å². The summed E-state index contributed by atoms with van der Waals surface area (Å²) in [6.45, 7) is 0. The van der Waals surface area contributed by atoms with Crippen molar-refractivity contribution >= 4 is 11.9 Å². The average molecular weight is 244 g/mol. The predicted octanol–water partition coefficient (Wildman–Crippen LogP) is 1.80. The van der Waals surface area contributed by atoms with Gasteiger partial charge in [0.15, 0.2) is 0 Å². The molecule has 0 radical (unpaired) electrons. The Balaban J connectivity index is 3.33. The van der Waals surface area contributed by atoms with E-state index < -0.39 is 18.0 Å². The summed E-state index contributed by atoms with van der Waals surface area (Å²) in [6, 6.07) is 0. The summed E-state index contributed by atoms with van der Waals surface area (Å²) in [5, 5.41) is 26.1. The lowest BCUT2D eigenvalue weighted by atomic mass is 10.1. The van der Waals surface area contributed by atoms with E-state index in [1.807, 2.05) is 0 Å².